The van der Waals surface area contributed by atoms with Crippen LogP contribution >= 0.6 is 0 Å². The van der Waals surface area contributed by atoms with Crippen molar-refractivity contribution in [2.24, 2.45) is 0 Å². The maximum atomic E-state index is 5.89. The summed E-state index contributed by atoms with van der Waals surface area (Å²) in [5.74, 6) is 2.07. The van der Waals surface area contributed by atoms with Crippen molar-refractivity contribution < 1.29 is 4.74 Å². The van der Waals surface area contributed by atoms with Crippen LogP contribution < -0.4 is 10.6 Å². The fraction of sp³-hybridized carbons (Fsp3) is 0.733. The third kappa shape index (κ3) is 4.28. The number of ether oxygens (including phenoxy) is 1. The lowest BCUT2D eigenvalue weighted by molar-refractivity contribution is 0.126. The molecule has 1 saturated heterocycles. The Morgan fingerprint density at radius 2 is 1.86 bits per heavy atom. The number of hydrogen-bond acceptors (Lipinski definition) is 6. The Labute approximate surface area is 127 Å². The van der Waals surface area contributed by atoms with E-state index >= 15 is 0 Å². The molecule has 0 atom stereocenters. The number of piperazine rings is 1. The van der Waals surface area contributed by atoms with Gasteiger partial charge in [0, 0.05) is 44.4 Å². The number of nitrogens with two attached hydrogens (primary N) is 1. The molecule has 0 aromatic carbocycles. The molecule has 6 heteroatoms. The van der Waals surface area contributed by atoms with Gasteiger partial charge in [-0.1, -0.05) is 0 Å². The van der Waals surface area contributed by atoms with Crippen LogP contribution in [-0.4, -0.2) is 53.2 Å². The van der Waals surface area contributed by atoms with E-state index in [1.807, 2.05) is 13.0 Å². The Hall–Kier alpha value is -1.40. The van der Waals surface area contributed by atoms with Crippen LogP contribution in [0.4, 0.5) is 11.6 Å². The Morgan fingerprint density at radius 1 is 1.19 bits per heavy atom. The molecule has 1 aliphatic rings. The first-order valence-corrected chi connectivity index (χ1v) is 7.61. The van der Waals surface area contributed by atoms with Crippen LogP contribution in [0.5, 0.6) is 0 Å². The second-order valence-electron chi connectivity index (χ2n) is 6.35. The molecule has 2 rings (SSSR count). The van der Waals surface area contributed by atoms with E-state index in [1.54, 1.807) is 0 Å². The van der Waals surface area contributed by atoms with Gasteiger partial charge in [0.2, 0.25) is 0 Å². The highest BCUT2D eigenvalue weighted by molar-refractivity contribution is 5.47. The molecule has 0 spiro atoms. The van der Waals surface area contributed by atoms with Crippen molar-refractivity contribution in [1.29, 1.82) is 0 Å². The summed E-state index contributed by atoms with van der Waals surface area (Å²) in [6.45, 7) is 13.8. The van der Waals surface area contributed by atoms with Crippen molar-refractivity contribution in [2.75, 3.05) is 43.4 Å². The molecule has 1 fully saturated rings. The predicted octanol–water partition coefficient (Wildman–Crippen LogP) is 1.52. The van der Waals surface area contributed by atoms with Crippen molar-refractivity contribution in [2.45, 2.75) is 39.8 Å². The van der Waals surface area contributed by atoms with Crippen LogP contribution in [0, 0.1) is 0 Å². The summed E-state index contributed by atoms with van der Waals surface area (Å²) in [6.07, 6.45) is 0. The smallest absolute Gasteiger partial charge is 0.158 e. The van der Waals surface area contributed by atoms with Gasteiger partial charge in [-0.3, -0.25) is 4.90 Å². The minimum atomic E-state index is 0.219. The SMILES string of the molecule is CCOCc1nc(N)cc(N2CCN(C(C)(C)C)CC2)n1. The minimum Gasteiger partial charge on any atom is -0.384 e. The van der Waals surface area contributed by atoms with Crippen LogP contribution in [0.1, 0.15) is 33.5 Å². The maximum Gasteiger partial charge on any atom is 0.158 e. The van der Waals surface area contributed by atoms with E-state index in [4.69, 9.17) is 10.5 Å². The Morgan fingerprint density at radius 3 is 2.43 bits per heavy atom. The number of rotatable bonds is 4. The molecule has 2 N–H and O–H groups in total. The van der Waals surface area contributed by atoms with Crippen LogP contribution in [0.2, 0.25) is 0 Å². The lowest BCUT2D eigenvalue weighted by Crippen LogP contribution is -2.53. The average molecular weight is 293 g/mol. The molecule has 0 radical (unpaired) electrons. The number of anilines is 2. The van der Waals surface area contributed by atoms with Gasteiger partial charge in [-0.25, -0.2) is 9.97 Å². The van der Waals surface area contributed by atoms with E-state index in [2.05, 4.69) is 40.5 Å². The average Bonchev–Trinajstić information content (AvgIpc) is 2.44. The van der Waals surface area contributed by atoms with Crippen LogP contribution in [0.3, 0.4) is 0 Å². The Balaban J connectivity index is 2.04. The molecule has 21 heavy (non-hydrogen) atoms. The summed E-state index contributed by atoms with van der Waals surface area (Å²) in [5, 5.41) is 0. The Kier molecular flexibility index (Phi) is 5.00. The molecule has 0 bridgehead atoms. The maximum absolute atomic E-state index is 5.89. The predicted molar refractivity (Wildman–Crippen MR) is 85.3 cm³/mol. The second kappa shape index (κ2) is 6.58. The third-order valence-corrected chi connectivity index (χ3v) is 3.77. The highest BCUT2D eigenvalue weighted by Gasteiger charge is 2.26. The molecule has 1 aliphatic heterocycles. The van der Waals surface area contributed by atoms with Crippen molar-refractivity contribution in [3.05, 3.63) is 11.9 Å². The molecule has 6 nitrogen and oxygen atoms in total. The van der Waals surface area contributed by atoms with Gasteiger partial charge < -0.3 is 15.4 Å². The van der Waals surface area contributed by atoms with Gasteiger partial charge in [-0.15, -0.1) is 0 Å². The van der Waals surface area contributed by atoms with Crippen molar-refractivity contribution in [3.63, 3.8) is 0 Å². The highest BCUT2D eigenvalue weighted by Crippen LogP contribution is 2.20. The standard InChI is InChI=1S/C15H27N5O/c1-5-21-11-13-17-12(16)10-14(18-13)19-6-8-20(9-7-19)15(2,3)4/h10H,5-9,11H2,1-4H3,(H2,16,17,18). The van der Waals surface area contributed by atoms with Gasteiger partial charge in [0.05, 0.1) is 0 Å². The monoisotopic (exact) mass is 293 g/mol. The second-order valence-corrected chi connectivity index (χ2v) is 6.35. The van der Waals surface area contributed by atoms with Gasteiger partial charge in [0.15, 0.2) is 5.82 Å². The number of hydrogen-bond donors (Lipinski definition) is 1. The summed E-state index contributed by atoms with van der Waals surface area (Å²) in [5.41, 5.74) is 6.11. The quantitative estimate of drug-likeness (QED) is 0.908. The fourth-order valence-corrected chi connectivity index (χ4v) is 2.53. The first kappa shape index (κ1) is 16.0. The Bertz CT molecular complexity index is 464. The van der Waals surface area contributed by atoms with Gasteiger partial charge in [0.25, 0.3) is 0 Å². The van der Waals surface area contributed by atoms with E-state index < -0.39 is 0 Å². The minimum absolute atomic E-state index is 0.219. The summed E-state index contributed by atoms with van der Waals surface area (Å²) in [6, 6.07) is 1.85. The van der Waals surface area contributed by atoms with Gasteiger partial charge in [-0.05, 0) is 27.7 Å². The summed E-state index contributed by atoms with van der Waals surface area (Å²) in [4.78, 5) is 13.6. The van der Waals surface area contributed by atoms with Crippen LogP contribution in [-0.2, 0) is 11.3 Å². The van der Waals surface area contributed by atoms with E-state index in [1.165, 1.54) is 0 Å². The zero-order valence-corrected chi connectivity index (χ0v) is 13.6. The zero-order valence-electron chi connectivity index (χ0n) is 13.6. The van der Waals surface area contributed by atoms with E-state index in [-0.39, 0.29) is 5.54 Å². The zero-order chi connectivity index (χ0) is 15.5. The first-order valence-electron chi connectivity index (χ1n) is 7.61. The molecular formula is C15H27N5O. The molecule has 0 aliphatic carbocycles. The highest BCUT2D eigenvalue weighted by atomic mass is 16.5. The topological polar surface area (TPSA) is 67.5 Å². The molecule has 2 heterocycles. The van der Waals surface area contributed by atoms with E-state index in [0.717, 1.165) is 32.0 Å². The molecule has 1 aromatic heterocycles. The largest absolute Gasteiger partial charge is 0.384 e. The summed E-state index contributed by atoms with van der Waals surface area (Å²) >= 11 is 0. The van der Waals surface area contributed by atoms with Crippen molar-refractivity contribution in [1.82, 2.24) is 14.9 Å². The number of nitrogens with zero attached hydrogens (tertiary/aromatic N) is 4. The van der Waals surface area contributed by atoms with Gasteiger partial charge >= 0.3 is 0 Å². The molecule has 0 unspecified atom stereocenters. The molecular weight excluding hydrogens is 266 g/mol. The molecule has 118 valence electrons. The first-order chi connectivity index (χ1) is 9.90. The van der Waals surface area contributed by atoms with Crippen molar-refractivity contribution >= 4 is 11.6 Å². The van der Waals surface area contributed by atoms with E-state index in [0.29, 0.717) is 24.9 Å². The van der Waals surface area contributed by atoms with Crippen molar-refractivity contribution in [3.8, 4) is 0 Å². The normalized spacial score (nSPS) is 17.2. The van der Waals surface area contributed by atoms with Crippen LogP contribution in [0.15, 0.2) is 6.07 Å². The molecule has 0 amide bonds. The summed E-state index contributed by atoms with van der Waals surface area (Å²) < 4.78 is 5.37. The van der Waals surface area contributed by atoms with Gasteiger partial charge in [0.1, 0.15) is 18.2 Å². The van der Waals surface area contributed by atoms with E-state index in [9.17, 15) is 0 Å². The molecule has 1 aromatic rings. The van der Waals surface area contributed by atoms with Gasteiger partial charge in [-0.2, -0.15) is 0 Å². The lowest BCUT2D eigenvalue weighted by atomic mass is 10.1. The number of aromatic nitrogens is 2. The lowest BCUT2D eigenvalue weighted by Gasteiger charge is -2.42. The third-order valence-electron chi connectivity index (χ3n) is 3.77. The molecule has 0 saturated carbocycles. The van der Waals surface area contributed by atoms with Crippen LogP contribution in [0.25, 0.3) is 0 Å². The summed E-state index contributed by atoms with van der Waals surface area (Å²) in [7, 11) is 0. The fourth-order valence-electron chi connectivity index (χ4n) is 2.53. The number of nitrogen functional groups attached to an aromatic ring is 1.